The van der Waals surface area contributed by atoms with Crippen molar-refractivity contribution in [1.82, 2.24) is 0 Å². The predicted molar refractivity (Wildman–Crippen MR) is 92.4 cm³/mol. The lowest BCUT2D eigenvalue weighted by atomic mass is 10.2. The number of fused-ring (bicyclic) bond motifs is 1. The molecule has 0 unspecified atom stereocenters. The van der Waals surface area contributed by atoms with Crippen LogP contribution < -0.4 is 11.1 Å². The van der Waals surface area contributed by atoms with E-state index in [1.165, 1.54) is 11.3 Å². The van der Waals surface area contributed by atoms with Crippen LogP contribution in [0, 0.1) is 0 Å². The highest BCUT2D eigenvalue weighted by molar-refractivity contribution is 7.98. The molecule has 0 saturated heterocycles. The summed E-state index contributed by atoms with van der Waals surface area (Å²) in [6, 6.07) is 15.4. The van der Waals surface area contributed by atoms with Gasteiger partial charge in [0.2, 0.25) is 0 Å². The van der Waals surface area contributed by atoms with Gasteiger partial charge in [0.15, 0.2) is 0 Å². The Morgan fingerprint density at radius 1 is 1.19 bits per heavy atom. The van der Waals surface area contributed by atoms with Crippen molar-refractivity contribution < 1.29 is 4.79 Å². The zero-order valence-electron chi connectivity index (χ0n) is 11.4. The van der Waals surface area contributed by atoms with Gasteiger partial charge in [0, 0.05) is 21.0 Å². The molecular weight excluding hydrogens is 300 g/mol. The molecule has 0 fully saturated rings. The molecule has 1 amide bonds. The van der Waals surface area contributed by atoms with E-state index >= 15 is 0 Å². The molecule has 0 spiro atoms. The fraction of sp³-hybridized carbons (Fsp3) is 0.0625. The third kappa shape index (κ3) is 3.04. The van der Waals surface area contributed by atoms with Gasteiger partial charge in [-0.1, -0.05) is 6.07 Å². The molecule has 0 radical (unpaired) electrons. The molecule has 0 aliphatic heterocycles. The van der Waals surface area contributed by atoms with Gasteiger partial charge in [0.25, 0.3) is 5.91 Å². The summed E-state index contributed by atoms with van der Waals surface area (Å²) in [6.07, 6.45) is 2.01. The van der Waals surface area contributed by atoms with Crippen molar-refractivity contribution in [2.45, 2.75) is 4.90 Å². The number of nitrogens with one attached hydrogen (secondary N) is 1. The van der Waals surface area contributed by atoms with Crippen LogP contribution >= 0.6 is 23.1 Å². The number of amides is 1. The molecule has 0 atom stereocenters. The number of thiophene rings is 1. The molecule has 1 aromatic heterocycles. The number of carbonyl (C=O) groups excluding carboxylic acids is 1. The summed E-state index contributed by atoms with van der Waals surface area (Å²) in [5.74, 6) is -0.0898. The van der Waals surface area contributed by atoms with Crippen molar-refractivity contribution in [3.63, 3.8) is 0 Å². The number of thioether (sulfide) groups is 1. The van der Waals surface area contributed by atoms with Crippen molar-refractivity contribution in [2.75, 3.05) is 17.3 Å². The molecule has 106 valence electrons. The lowest BCUT2D eigenvalue weighted by Crippen LogP contribution is -2.09. The first-order valence-electron chi connectivity index (χ1n) is 6.40. The van der Waals surface area contributed by atoms with Gasteiger partial charge in [0.05, 0.1) is 4.88 Å². The Hall–Kier alpha value is -1.98. The zero-order chi connectivity index (χ0) is 14.8. The smallest absolute Gasteiger partial charge is 0.265 e. The maximum Gasteiger partial charge on any atom is 0.265 e. The maximum absolute atomic E-state index is 12.3. The van der Waals surface area contributed by atoms with Crippen LogP contribution in [-0.4, -0.2) is 12.2 Å². The van der Waals surface area contributed by atoms with Crippen molar-refractivity contribution in [2.24, 2.45) is 0 Å². The first-order chi connectivity index (χ1) is 10.2. The zero-order valence-corrected chi connectivity index (χ0v) is 13.1. The van der Waals surface area contributed by atoms with Crippen LogP contribution in [0.3, 0.4) is 0 Å². The van der Waals surface area contributed by atoms with E-state index < -0.39 is 0 Å². The van der Waals surface area contributed by atoms with E-state index in [-0.39, 0.29) is 5.91 Å². The molecule has 3 aromatic rings. The van der Waals surface area contributed by atoms with E-state index in [0.29, 0.717) is 10.6 Å². The molecule has 5 heteroatoms. The van der Waals surface area contributed by atoms with Crippen LogP contribution in [0.15, 0.2) is 53.4 Å². The van der Waals surface area contributed by atoms with Crippen molar-refractivity contribution >= 4 is 50.5 Å². The van der Waals surface area contributed by atoms with E-state index in [0.717, 1.165) is 20.7 Å². The fourth-order valence-corrected chi connectivity index (χ4v) is 3.47. The Labute approximate surface area is 131 Å². The van der Waals surface area contributed by atoms with Crippen LogP contribution in [0.1, 0.15) is 9.67 Å². The summed E-state index contributed by atoms with van der Waals surface area (Å²) >= 11 is 3.12. The van der Waals surface area contributed by atoms with E-state index in [1.54, 1.807) is 11.8 Å². The number of nitrogen functional groups attached to an aromatic ring is 1. The molecular formula is C16H14N2OS2. The highest BCUT2D eigenvalue weighted by atomic mass is 32.2. The molecule has 3 N–H and O–H groups in total. The second-order valence-corrected chi connectivity index (χ2v) is 6.56. The largest absolute Gasteiger partial charge is 0.399 e. The maximum atomic E-state index is 12.3. The number of nitrogens with two attached hydrogens (primary N) is 1. The monoisotopic (exact) mass is 314 g/mol. The fourth-order valence-electron chi connectivity index (χ4n) is 2.07. The molecule has 3 rings (SSSR count). The number of hydrogen-bond donors (Lipinski definition) is 2. The van der Waals surface area contributed by atoms with Crippen molar-refractivity contribution in [3.8, 4) is 0 Å². The Morgan fingerprint density at radius 3 is 2.86 bits per heavy atom. The van der Waals surface area contributed by atoms with Crippen LogP contribution in [0.4, 0.5) is 11.4 Å². The number of anilines is 2. The first kappa shape index (κ1) is 14.0. The normalized spacial score (nSPS) is 10.7. The standard InChI is InChI=1S/C16H14N2OS2/c1-20-13-4-2-3-12(9-13)18-16(19)15-8-10-7-11(17)5-6-14(10)21-15/h2-9H,17H2,1H3,(H,18,19). The summed E-state index contributed by atoms with van der Waals surface area (Å²) in [6.45, 7) is 0. The minimum absolute atomic E-state index is 0.0898. The topological polar surface area (TPSA) is 55.1 Å². The molecule has 0 bridgehead atoms. The third-order valence-electron chi connectivity index (χ3n) is 3.09. The lowest BCUT2D eigenvalue weighted by Gasteiger charge is -2.04. The molecule has 3 nitrogen and oxygen atoms in total. The van der Waals surface area contributed by atoms with E-state index in [2.05, 4.69) is 5.32 Å². The number of hydrogen-bond acceptors (Lipinski definition) is 4. The van der Waals surface area contributed by atoms with Gasteiger partial charge < -0.3 is 11.1 Å². The number of rotatable bonds is 3. The Bertz CT molecular complexity index is 811. The highest BCUT2D eigenvalue weighted by Gasteiger charge is 2.11. The molecule has 1 heterocycles. The second kappa shape index (κ2) is 5.79. The molecule has 0 saturated carbocycles. The van der Waals surface area contributed by atoms with Crippen molar-refractivity contribution in [3.05, 3.63) is 53.4 Å². The van der Waals surface area contributed by atoms with E-state index in [4.69, 9.17) is 5.73 Å². The van der Waals surface area contributed by atoms with Crippen molar-refractivity contribution in [1.29, 1.82) is 0 Å². The van der Waals surface area contributed by atoms with Gasteiger partial charge in [-0.2, -0.15) is 0 Å². The quantitative estimate of drug-likeness (QED) is 0.554. The highest BCUT2D eigenvalue weighted by Crippen LogP contribution is 2.28. The Morgan fingerprint density at radius 2 is 2.05 bits per heavy atom. The second-order valence-electron chi connectivity index (χ2n) is 4.59. The van der Waals surface area contributed by atoms with Gasteiger partial charge in [-0.3, -0.25) is 4.79 Å². The number of benzene rings is 2. The summed E-state index contributed by atoms with van der Waals surface area (Å²) in [7, 11) is 0. The van der Waals surface area contributed by atoms with Gasteiger partial charge in [-0.05, 0) is 54.1 Å². The Balaban J connectivity index is 1.86. The summed E-state index contributed by atoms with van der Waals surface area (Å²) < 4.78 is 1.06. The van der Waals surface area contributed by atoms with Gasteiger partial charge in [-0.15, -0.1) is 23.1 Å². The van der Waals surface area contributed by atoms with E-state index in [9.17, 15) is 4.79 Å². The van der Waals surface area contributed by atoms with Crippen LogP contribution in [0.5, 0.6) is 0 Å². The molecule has 21 heavy (non-hydrogen) atoms. The molecule has 0 aliphatic rings. The Kier molecular flexibility index (Phi) is 3.86. The third-order valence-corrected chi connectivity index (χ3v) is 4.93. The minimum Gasteiger partial charge on any atom is -0.399 e. The van der Waals surface area contributed by atoms with E-state index in [1.807, 2.05) is 54.8 Å². The molecule has 2 aromatic carbocycles. The van der Waals surface area contributed by atoms with Gasteiger partial charge in [0.1, 0.15) is 0 Å². The summed E-state index contributed by atoms with van der Waals surface area (Å²) in [5, 5.41) is 3.94. The SMILES string of the molecule is CSc1cccc(NC(=O)c2cc3cc(N)ccc3s2)c1. The van der Waals surface area contributed by atoms with Gasteiger partial charge >= 0.3 is 0 Å². The minimum atomic E-state index is -0.0898. The number of carbonyl (C=O) groups is 1. The average molecular weight is 314 g/mol. The first-order valence-corrected chi connectivity index (χ1v) is 8.44. The van der Waals surface area contributed by atoms with Gasteiger partial charge in [-0.25, -0.2) is 0 Å². The van der Waals surface area contributed by atoms with Crippen LogP contribution in [0.25, 0.3) is 10.1 Å². The summed E-state index contributed by atoms with van der Waals surface area (Å²) in [5.41, 5.74) is 7.28. The molecule has 0 aliphatic carbocycles. The predicted octanol–water partition coefficient (Wildman–Crippen LogP) is 4.46. The average Bonchev–Trinajstić information content (AvgIpc) is 2.90. The summed E-state index contributed by atoms with van der Waals surface area (Å²) in [4.78, 5) is 14.1. The van der Waals surface area contributed by atoms with Crippen LogP contribution in [-0.2, 0) is 0 Å². The van der Waals surface area contributed by atoms with Crippen LogP contribution in [0.2, 0.25) is 0 Å². The lowest BCUT2D eigenvalue weighted by molar-refractivity contribution is 0.103.